The first-order valence-electron chi connectivity index (χ1n) is 6.73. The topological polar surface area (TPSA) is 127 Å². The van der Waals surface area contributed by atoms with Gasteiger partial charge >= 0.3 is 5.97 Å². The first-order valence-corrected chi connectivity index (χ1v) is 8.22. The van der Waals surface area contributed by atoms with Crippen molar-refractivity contribution in [2.24, 2.45) is 0 Å². The molecule has 0 aliphatic rings. The van der Waals surface area contributed by atoms with Gasteiger partial charge in [0.1, 0.15) is 0 Å². The molecular weight excluding hydrogens is 336 g/mol. The van der Waals surface area contributed by atoms with E-state index in [1.807, 2.05) is 0 Å². The van der Waals surface area contributed by atoms with Gasteiger partial charge in [-0.2, -0.15) is 0 Å². The molecule has 8 nitrogen and oxygen atoms in total. The molecule has 0 heterocycles. The summed E-state index contributed by atoms with van der Waals surface area (Å²) < 4.78 is 27.4. The number of carbonyl (C=O) groups is 1. The van der Waals surface area contributed by atoms with Crippen LogP contribution in [0.1, 0.15) is 21.5 Å². The van der Waals surface area contributed by atoms with Crippen LogP contribution in [0.4, 0.5) is 11.4 Å². The molecule has 24 heavy (non-hydrogen) atoms. The van der Waals surface area contributed by atoms with Crippen molar-refractivity contribution in [1.29, 1.82) is 0 Å². The minimum Gasteiger partial charge on any atom is -0.478 e. The molecule has 9 heteroatoms. The molecule has 0 aliphatic heterocycles. The van der Waals surface area contributed by atoms with Crippen LogP contribution in [0.15, 0.2) is 41.3 Å². The fraction of sp³-hybridized carbons (Fsp3) is 0.133. The number of nitro groups is 1. The summed E-state index contributed by atoms with van der Waals surface area (Å²) in [4.78, 5) is 21.0. The van der Waals surface area contributed by atoms with E-state index in [1.165, 1.54) is 50.2 Å². The fourth-order valence-electron chi connectivity index (χ4n) is 2.34. The number of hydrogen-bond donors (Lipinski definition) is 2. The monoisotopic (exact) mass is 350 g/mol. The molecule has 126 valence electrons. The summed E-state index contributed by atoms with van der Waals surface area (Å²) in [6.45, 7) is 2.95. The molecule has 0 fully saturated rings. The lowest BCUT2D eigenvalue weighted by molar-refractivity contribution is -0.385. The Morgan fingerprint density at radius 1 is 1.12 bits per heavy atom. The molecular formula is C15H14N2O6S. The van der Waals surface area contributed by atoms with Crippen molar-refractivity contribution in [1.82, 2.24) is 0 Å². The Bertz CT molecular complexity index is 896. The van der Waals surface area contributed by atoms with E-state index in [-0.39, 0.29) is 33.0 Å². The lowest BCUT2D eigenvalue weighted by Crippen LogP contribution is -2.16. The molecule has 2 N–H and O–H groups in total. The zero-order valence-electron chi connectivity index (χ0n) is 12.8. The smallest absolute Gasteiger partial charge is 0.335 e. The second-order valence-corrected chi connectivity index (χ2v) is 6.77. The standard InChI is InChI=1S/C15H14N2O6S/c1-9-7-13(17(20)21)8-10(2)14(9)24(22,23)16-12-5-3-11(4-6-12)15(18)19/h3-8,16H,1-2H3,(H,18,19). The van der Waals surface area contributed by atoms with Gasteiger partial charge in [-0.25, -0.2) is 13.2 Å². The van der Waals surface area contributed by atoms with Gasteiger partial charge in [-0.05, 0) is 49.2 Å². The molecule has 0 saturated carbocycles. The van der Waals surface area contributed by atoms with Gasteiger partial charge in [0.2, 0.25) is 0 Å². The third-order valence-electron chi connectivity index (χ3n) is 3.31. The van der Waals surface area contributed by atoms with Gasteiger partial charge in [0.15, 0.2) is 0 Å². The van der Waals surface area contributed by atoms with Gasteiger partial charge in [0.25, 0.3) is 15.7 Å². The van der Waals surface area contributed by atoms with Crippen molar-refractivity contribution >= 4 is 27.4 Å². The highest BCUT2D eigenvalue weighted by atomic mass is 32.2. The van der Waals surface area contributed by atoms with E-state index >= 15 is 0 Å². The number of hydrogen-bond acceptors (Lipinski definition) is 5. The minimum atomic E-state index is -3.97. The average Bonchev–Trinajstić information content (AvgIpc) is 2.46. The Balaban J connectivity index is 2.40. The van der Waals surface area contributed by atoms with Crippen molar-refractivity contribution in [2.45, 2.75) is 18.7 Å². The van der Waals surface area contributed by atoms with Crippen LogP contribution in [-0.2, 0) is 10.0 Å². The van der Waals surface area contributed by atoms with E-state index in [0.717, 1.165) is 0 Å². The Kier molecular flexibility index (Phi) is 4.56. The van der Waals surface area contributed by atoms with Gasteiger partial charge in [0.05, 0.1) is 15.4 Å². The number of anilines is 1. The molecule has 2 aromatic carbocycles. The van der Waals surface area contributed by atoms with Crippen LogP contribution in [0.3, 0.4) is 0 Å². The number of carboxylic acid groups (broad SMARTS) is 1. The zero-order valence-corrected chi connectivity index (χ0v) is 13.6. The number of aryl methyl sites for hydroxylation is 2. The third kappa shape index (κ3) is 3.51. The van der Waals surface area contributed by atoms with E-state index in [4.69, 9.17) is 5.11 Å². The largest absolute Gasteiger partial charge is 0.478 e. The Labute approximate surface area is 138 Å². The van der Waals surface area contributed by atoms with Gasteiger partial charge in [0, 0.05) is 17.8 Å². The normalized spacial score (nSPS) is 11.1. The van der Waals surface area contributed by atoms with Crippen LogP contribution < -0.4 is 4.72 Å². The highest BCUT2D eigenvalue weighted by molar-refractivity contribution is 7.92. The second-order valence-electron chi connectivity index (χ2n) is 5.15. The van der Waals surface area contributed by atoms with Crippen molar-refractivity contribution in [3.63, 3.8) is 0 Å². The number of carboxylic acids is 1. The number of benzene rings is 2. The SMILES string of the molecule is Cc1cc([N+](=O)[O-])cc(C)c1S(=O)(=O)Nc1ccc(C(=O)O)cc1. The molecule has 0 unspecified atom stereocenters. The highest BCUT2D eigenvalue weighted by Crippen LogP contribution is 2.27. The molecule has 0 bridgehead atoms. The lowest BCUT2D eigenvalue weighted by atomic mass is 10.1. The summed E-state index contributed by atoms with van der Waals surface area (Å²) in [5.74, 6) is -1.12. The molecule has 0 aliphatic carbocycles. The number of nitrogens with zero attached hydrogens (tertiary/aromatic N) is 1. The van der Waals surface area contributed by atoms with Crippen molar-refractivity contribution in [2.75, 3.05) is 4.72 Å². The third-order valence-corrected chi connectivity index (χ3v) is 4.99. The van der Waals surface area contributed by atoms with E-state index in [0.29, 0.717) is 0 Å². The van der Waals surface area contributed by atoms with Crippen LogP contribution in [0.25, 0.3) is 0 Å². The Morgan fingerprint density at radius 2 is 1.62 bits per heavy atom. The fourth-order valence-corrected chi connectivity index (χ4v) is 3.86. The van der Waals surface area contributed by atoms with Gasteiger partial charge in [-0.1, -0.05) is 0 Å². The summed E-state index contributed by atoms with van der Waals surface area (Å²) in [7, 11) is -3.97. The number of rotatable bonds is 5. The van der Waals surface area contributed by atoms with Gasteiger partial charge < -0.3 is 5.11 Å². The quantitative estimate of drug-likeness (QED) is 0.630. The molecule has 0 atom stereocenters. The van der Waals surface area contributed by atoms with Crippen LogP contribution in [0.5, 0.6) is 0 Å². The van der Waals surface area contributed by atoms with E-state index < -0.39 is 20.9 Å². The lowest BCUT2D eigenvalue weighted by Gasteiger charge is -2.13. The van der Waals surface area contributed by atoms with Crippen LogP contribution >= 0.6 is 0 Å². The summed E-state index contributed by atoms with van der Waals surface area (Å²) in [6.07, 6.45) is 0. The van der Waals surface area contributed by atoms with E-state index in [1.54, 1.807) is 0 Å². The first kappa shape index (κ1) is 17.4. The summed E-state index contributed by atoms with van der Waals surface area (Å²) >= 11 is 0. The van der Waals surface area contributed by atoms with Gasteiger partial charge in [-0.15, -0.1) is 0 Å². The first-order chi connectivity index (χ1) is 11.1. The summed E-state index contributed by atoms with van der Waals surface area (Å²) in [6, 6.07) is 7.59. The molecule has 2 rings (SSSR count). The molecule has 2 aromatic rings. The van der Waals surface area contributed by atoms with Crippen molar-refractivity contribution in [3.8, 4) is 0 Å². The maximum Gasteiger partial charge on any atom is 0.335 e. The average molecular weight is 350 g/mol. The van der Waals surface area contributed by atoms with E-state index in [9.17, 15) is 23.3 Å². The zero-order chi connectivity index (χ0) is 18.1. The second kappa shape index (κ2) is 6.28. The minimum absolute atomic E-state index is 0.0284. The molecule has 0 aromatic heterocycles. The molecule has 0 saturated heterocycles. The van der Waals surface area contributed by atoms with Crippen LogP contribution in [0.2, 0.25) is 0 Å². The van der Waals surface area contributed by atoms with Crippen LogP contribution in [-0.4, -0.2) is 24.4 Å². The number of sulfonamides is 1. The van der Waals surface area contributed by atoms with E-state index in [2.05, 4.69) is 4.72 Å². The Hall–Kier alpha value is -2.94. The maximum absolute atomic E-state index is 12.5. The summed E-state index contributed by atoms with van der Waals surface area (Å²) in [5, 5.41) is 19.7. The van der Waals surface area contributed by atoms with Gasteiger partial charge in [-0.3, -0.25) is 14.8 Å². The number of nitrogens with one attached hydrogen (secondary N) is 1. The summed E-state index contributed by atoms with van der Waals surface area (Å²) in [5.41, 5.74) is 0.528. The van der Waals surface area contributed by atoms with Crippen molar-refractivity contribution in [3.05, 3.63) is 63.2 Å². The number of non-ortho nitro benzene ring substituents is 1. The Morgan fingerprint density at radius 3 is 2.04 bits per heavy atom. The predicted molar refractivity (Wildman–Crippen MR) is 86.8 cm³/mol. The molecule has 0 radical (unpaired) electrons. The highest BCUT2D eigenvalue weighted by Gasteiger charge is 2.23. The molecule has 0 amide bonds. The van der Waals surface area contributed by atoms with Crippen molar-refractivity contribution < 1.29 is 23.2 Å². The van der Waals surface area contributed by atoms with Crippen LogP contribution in [0, 0.1) is 24.0 Å². The number of nitro benzene ring substituents is 1. The molecule has 0 spiro atoms. The number of aromatic carboxylic acids is 1. The predicted octanol–water partition coefficient (Wildman–Crippen LogP) is 2.71. The maximum atomic E-state index is 12.5.